The van der Waals surface area contributed by atoms with Crippen LogP contribution in [-0.2, 0) is 10.3 Å². The Balaban J connectivity index is 3.14. The number of rotatable bonds is 3. The summed E-state index contributed by atoms with van der Waals surface area (Å²) in [7, 11) is 1.28. The third-order valence-electron chi connectivity index (χ3n) is 2.39. The number of esters is 1. The zero-order valence-electron chi connectivity index (χ0n) is 9.16. The molecule has 0 aliphatic carbocycles. The van der Waals surface area contributed by atoms with E-state index in [1.54, 1.807) is 13.0 Å². The highest BCUT2D eigenvalue weighted by molar-refractivity contribution is 6.33. The van der Waals surface area contributed by atoms with Crippen molar-refractivity contribution in [1.82, 2.24) is 0 Å². The molecule has 1 aromatic carbocycles. The smallest absolute Gasteiger partial charge is 0.339 e. The van der Waals surface area contributed by atoms with Crippen LogP contribution in [0.1, 0.15) is 22.8 Å². The second-order valence-corrected chi connectivity index (χ2v) is 4.07. The molecule has 0 fully saturated rings. The molecule has 0 aliphatic rings. The lowest BCUT2D eigenvalue weighted by atomic mass is 9.95. The van der Waals surface area contributed by atoms with Crippen molar-refractivity contribution in [3.8, 4) is 0 Å². The molecular weight excluding hydrogens is 230 g/mol. The van der Waals surface area contributed by atoms with Gasteiger partial charge in [0.05, 0.1) is 23.3 Å². The molecule has 1 aromatic rings. The Hall–Kier alpha value is -1.10. The van der Waals surface area contributed by atoms with E-state index in [1.807, 2.05) is 0 Å². The molecule has 0 aromatic heterocycles. The second kappa shape index (κ2) is 4.82. The van der Waals surface area contributed by atoms with Gasteiger partial charge in [-0.1, -0.05) is 17.7 Å². The van der Waals surface area contributed by atoms with Gasteiger partial charge in [-0.05, 0) is 24.6 Å². The molecule has 0 amide bonds. The highest BCUT2D eigenvalue weighted by Crippen LogP contribution is 2.25. The molecule has 3 N–H and O–H groups in total. The van der Waals surface area contributed by atoms with Gasteiger partial charge in [0.25, 0.3) is 0 Å². The summed E-state index contributed by atoms with van der Waals surface area (Å²) in [5, 5.41) is 10.1. The Morgan fingerprint density at radius 3 is 2.69 bits per heavy atom. The number of ether oxygens (including phenoxy) is 1. The van der Waals surface area contributed by atoms with Gasteiger partial charge < -0.3 is 15.6 Å². The first kappa shape index (κ1) is 13.0. The summed E-state index contributed by atoms with van der Waals surface area (Å²) >= 11 is 5.91. The number of hydrogen-bond acceptors (Lipinski definition) is 4. The van der Waals surface area contributed by atoms with Crippen LogP contribution in [0.15, 0.2) is 18.2 Å². The number of nitrogens with two attached hydrogens (primary N) is 1. The Kier molecular flexibility index (Phi) is 3.91. The zero-order valence-corrected chi connectivity index (χ0v) is 9.91. The van der Waals surface area contributed by atoms with Gasteiger partial charge in [0.2, 0.25) is 0 Å². The van der Waals surface area contributed by atoms with E-state index in [2.05, 4.69) is 4.74 Å². The summed E-state index contributed by atoms with van der Waals surface area (Å²) in [6, 6.07) is 4.62. The number of hydrogen-bond donors (Lipinski definition) is 2. The highest BCUT2D eigenvalue weighted by atomic mass is 35.5. The molecule has 1 unspecified atom stereocenters. The van der Waals surface area contributed by atoms with Crippen LogP contribution in [-0.4, -0.2) is 24.7 Å². The van der Waals surface area contributed by atoms with E-state index in [-0.39, 0.29) is 17.1 Å². The first-order chi connectivity index (χ1) is 7.42. The summed E-state index contributed by atoms with van der Waals surface area (Å²) in [4.78, 5) is 11.3. The number of benzene rings is 1. The summed E-state index contributed by atoms with van der Waals surface area (Å²) in [6.45, 7) is 1.65. The van der Waals surface area contributed by atoms with Crippen molar-refractivity contribution in [3.05, 3.63) is 34.3 Å². The van der Waals surface area contributed by atoms with E-state index >= 15 is 0 Å². The molecule has 0 saturated carbocycles. The van der Waals surface area contributed by atoms with Crippen LogP contribution in [0.3, 0.4) is 0 Å². The maximum absolute atomic E-state index is 11.3. The standard InChI is InChI=1S/C11H14ClNO3/c1-11(15,6-13)7-3-4-8(9(12)5-7)10(14)16-2/h3-5,15H,6,13H2,1-2H3. The summed E-state index contributed by atoms with van der Waals surface area (Å²) in [5.74, 6) is -0.510. The van der Waals surface area contributed by atoms with Crippen LogP contribution in [0.5, 0.6) is 0 Å². The average molecular weight is 244 g/mol. The average Bonchev–Trinajstić information content (AvgIpc) is 2.28. The SMILES string of the molecule is COC(=O)c1ccc(C(C)(O)CN)cc1Cl. The lowest BCUT2D eigenvalue weighted by Crippen LogP contribution is -2.31. The minimum Gasteiger partial charge on any atom is -0.465 e. The number of carbonyl (C=O) groups is 1. The van der Waals surface area contributed by atoms with Gasteiger partial charge in [-0.25, -0.2) is 4.79 Å². The van der Waals surface area contributed by atoms with Crippen molar-refractivity contribution >= 4 is 17.6 Å². The number of carbonyl (C=O) groups excluding carboxylic acids is 1. The quantitative estimate of drug-likeness (QED) is 0.785. The van der Waals surface area contributed by atoms with Gasteiger partial charge >= 0.3 is 5.97 Å². The maximum Gasteiger partial charge on any atom is 0.339 e. The van der Waals surface area contributed by atoms with Gasteiger partial charge in [-0.3, -0.25) is 0 Å². The van der Waals surface area contributed by atoms with Crippen LogP contribution in [0.2, 0.25) is 5.02 Å². The van der Waals surface area contributed by atoms with Gasteiger partial charge in [-0.2, -0.15) is 0 Å². The molecular formula is C11H14ClNO3. The molecule has 16 heavy (non-hydrogen) atoms. The number of aliphatic hydroxyl groups is 1. The fourth-order valence-electron chi connectivity index (χ4n) is 1.24. The molecule has 5 heteroatoms. The van der Waals surface area contributed by atoms with Crippen LogP contribution in [0.4, 0.5) is 0 Å². The molecule has 1 atom stereocenters. The molecule has 88 valence electrons. The van der Waals surface area contributed by atoms with Gasteiger partial charge in [0, 0.05) is 6.54 Å². The van der Waals surface area contributed by atoms with Gasteiger partial charge in [0.15, 0.2) is 0 Å². The molecule has 1 rings (SSSR count). The highest BCUT2D eigenvalue weighted by Gasteiger charge is 2.22. The van der Waals surface area contributed by atoms with Gasteiger partial charge in [-0.15, -0.1) is 0 Å². The first-order valence-corrected chi connectivity index (χ1v) is 5.11. The van der Waals surface area contributed by atoms with E-state index in [4.69, 9.17) is 17.3 Å². The molecule has 0 heterocycles. The van der Waals surface area contributed by atoms with Crippen molar-refractivity contribution in [2.24, 2.45) is 5.73 Å². The monoisotopic (exact) mass is 243 g/mol. The fourth-order valence-corrected chi connectivity index (χ4v) is 1.50. The van der Waals surface area contributed by atoms with Crippen LogP contribution >= 0.6 is 11.6 Å². The normalized spacial score (nSPS) is 14.3. The number of methoxy groups -OCH3 is 1. The van der Waals surface area contributed by atoms with E-state index in [0.717, 1.165) is 0 Å². The van der Waals surface area contributed by atoms with Crippen molar-refractivity contribution in [1.29, 1.82) is 0 Å². The molecule has 4 nitrogen and oxygen atoms in total. The topological polar surface area (TPSA) is 72.5 Å². The molecule has 0 bridgehead atoms. The Morgan fingerprint density at radius 1 is 1.62 bits per heavy atom. The third kappa shape index (κ3) is 2.52. The Bertz CT molecular complexity index is 404. The van der Waals surface area contributed by atoms with Crippen molar-refractivity contribution in [2.75, 3.05) is 13.7 Å². The Labute approximate surface area is 99.0 Å². The fraction of sp³-hybridized carbons (Fsp3) is 0.364. The molecule has 0 radical (unpaired) electrons. The van der Waals surface area contributed by atoms with E-state index in [9.17, 15) is 9.90 Å². The predicted octanol–water partition coefficient (Wildman–Crippen LogP) is 1.29. The zero-order chi connectivity index (χ0) is 12.3. The lowest BCUT2D eigenvalue weighted by Gasteiger charge is -2.22. The van der Waals surface area contributed by atoms with Crippen LogP contribution < -0.4 is 5.73 Å². The Morgan fingerprint density at radius 2 is 2.25 bits per heavy atom. The van der Waals surface area contributed by atoms with Crippen molar-refractivity contribution in [2.45, 2.75) is 12.5 Å². The van der Waals surface area contributed by atoms with E-state index in [1.165, 1.54) is 19.2 Å². The van der Waals surface area contributed by atoms with Crippen LogP contribution in [0, 0.1) is 0 Å². The minimum atomic E-state index is -1.15. The third-order valence-corrected chi connectivity index (χ3v) is 2.71. The molecule has 0 aliphatic heterocycles. The predicted molar refractivity (Wildman–Crippen MR) is 61.4 cm³/mol. The summed E-state index contributed by atoms with van der Waals surface area (Å²) in [6.07, 6.45) is 0. The van der Waals surface area contributed by atoms with Crippen LogP contribution in [0.25, 0.3) is 0 Å². The number of halogens is 1. The van der Waals surface area contributed by atoms with Crippen molar-refractivity contribution < 1.29 is 14.6 Å². The maximum atomic E-state index is 11.3. The van der Waals surface area contributed by atoms with Gasteiger partial charge in [0.1, 0.15) is 0 Å². The largest absolute Gasteiger partial charge is 0.465 e. The van der Waals surface area contributed by atoms with E-state index in [0.29, 0.717) is 5.56 Å². The first-order valence-electron chi connectivity index (χ1n) is 4.73. The summed E-state index contributed by atoms with van der Waals surface area (Å²) < 4.78 is 4.56. The molecule has 0 saturated heterocycles. The lowest BCUT2D eigenvalue weighted by molar-refractivity contribution is 0.0595. The van der Waals surface area contributed by atoms with E-state index < -0.39 is 11.6 Å². The second-order valence-electron chi connectivity index (χ2n) is 3.66. The summed E-state index contributed by atoms with van der Waals surface area (Å²) in [5.41, 5.74) is 5.10. The molecule has 0 spiro atoms. The van der Waals surface area contributed by atoms with Crippen molar-refractivity contribution in [3.63, 3.8) is 0 Å². The minimum absolute atomic E-state index is 0.0703.